The Hall–Kier alpha value is -2.74. The number of unbranched alkanes of at least 4 members (excludes halogenated alkanes) is 1. The van der Waals surface area contributed by atoms with E-state index in [2.05, 4.69) is 14.7 Å². The van der Waals surface area contributed by atoms with Crippen LogP contribution < -0.4 is 10.3 Å². The van der Waals surface area contributed by atoms with E-state index in [1.165, 1.54) is 24.4 Å². The zero-order valence-electron chi connectivity index (χ0n) is 13.7. The topological polar surface area (TPSA) is 94.0 Å². The molecule has 0 atom stereocenters. The van der Waals surface area contributed by atoms with E-state index in [4.69, 9.17) is 0 Å². The van der Waals surface area contributed by atoms with E-state index < -0.39 is 10.0 Å². The van der Waals surface area contributed by atoms with Gasteiger partial charge < -0.3 is 0 Å². The van der Waals surface area contributed by atoms with Gasteiger partial charge in [-0.3, -0.25) is 9.36 Å². The molecule has 2 heterocycles. The number of benzene rings is 1. The number of nitrogens with zero attached hydrogens (tertiary/aromatic N) is 3. The Morgan fingerprint density at radius 1 is 1.12 bits per heavy atom. The Morgan fingerprint density at radius 2 is 1.88 bits per heavy atom. The molecule has 0 spiro atoms. The second-order valence-corrected chi connectivity index (χ2v) is 7.25. The minimum atomic E-state index is -3.78. The van der Waals surface area contributed by atoms with E-state index in [1.54, 1.807) is 28.8 Å². The zero-order chi connectivity index (χ0) is 17.9. The molecule has 25 heavy (non-hydrogen) atoms. The van der Waals surface area contributed by atoms with Crippen LogP contribution in [0.3, 0.4) is 0 Å². The van der Waals surface area contributed by atoms with Gasteiger partial charge in [0.1, 0.15) is 5.65 Å². The molecule has 1 aromatic carbocycles. The molecule has 130 valence electrons. The molecule has 0 fully saturated rings. The highest BCUT2D eigenvalue weighted by molar-refractivity contribution is 7.92. The molecule has 0 unspecified atom stereocenters. The lowest BCUT2D eigenvalue weighted by Gasteiger charge is -2.11. The lowest BCUT2D eigenvalue weighted by Crippen LogP contribution is -2.21. The lowest BCUT2D eigenvalue weighted by atomic mass is 10.3. The van der Waals surface area contributed by atoms with Crippen LogP contribution in [-0.4, -0.2) is 23.0 Å². The smallest absolute Gasteiger partial charge is 0.264 e. The maximum absolute atomic E-state index is 12.4. The largest absolute Gasteiger partial charge is 0.293 e. The molecular formula is C17H18N4O3S. The van der Waals surface area contributed by atoms with Crippen molar-refractivity contribution in [2.75, 3.05) is 4.72 Å². The molecule has 0 bridgehead atoms. The first kappa shape index (κ1) is 17.1. The van der Waals surface area contributed by atoms with E-state index in [-0.39, 0.29) is 16.4 Å². The molecule has 3 aromatic rings. The van der Waals surface area contributed by atoms with Gasteiger partial charge in [0.05, 0.1) is 4.90 Å². The van der Waals surface area contributed by atoms with Crippen LogP contribution in [0.5, 0.6) is 0 Å². The molecule has 0 aliphatic heterocycles. The van der Waals surface area contributed by atoms with E-state index in [0.29, 0.717) is 17.6 Å². The van der Waals surface area contributed by atoms with Crippen LogP contribution in [0.1, 0.15) is 19.8 Å². The van der Waals surface area contributed by atoms with Crippen LogP contribution in [-0.2, 0) is 16.6 Å². The fourth-order valence-corrected chi connectivity index (χ4v) is 3.40. The summed E-state index contributed by atoms with van der Waals surface area (Å²) in [5.74, 6) is -0.0628. The van der Waals surface area contributed by atoms with Crippen LogP contribution in [0.25, 0.3) is 11.0 Å². The summed E-state index contributed by atoms with van der Waals surface area (Å²) in [5.41, 5.74) is 0.248. The predicted octanol–water partition coefficient (Wildman–Crippen LogP) is 2.39. The SMILES string of the molecule is CCCCn1c(=O)ccc2cnc(NS(=O)(=O)c3ccccc3)nc21. The predicted molar refractivity (Wildman–Crippen MR) is 96.0 cm³/mol. The number of hydrogen-bond acceptors (Lipinski definition) is 5. The van der Waals surface area contributed by atoms with Crippen molar-refractivity contribution in [3.8, 4) is 0 Å². The number of aromatic nitrogens is 3. The minimum Gasteiger partial charge on any atom is -0.293 e. The van der Waals surface area contributed by atoms with Crippen molar-refractivity contribution in [3.05, 3.63) is 59.0 Å². The second kappa shape index (κ2) is 7.02. The first-order valence-electron chi connectivity index (χ1n) is 7.96. The van der Waals surface area contributed by atoms with E-state index >= 15 is 0 Å². The normalized spacial score (nSPS) is 11.6. The molecule has 0 amide bonds. The van der Waals surface area contributed by atoms with Crippen LogP contribution >= 0.6 is 0 Å². The molecule has 0 saturated carbocycles. The maximum atomic E-state index is 12.4. The third-order valence-corrected chi connectivity index (χ3v) is 5.08. The number of pyridine rings is 1. The summed E-state index contributed by atoms with van der Waals surface area (Å²) < 4.78 is 28.7. The van der Waals surface area contributed by atoms with E-state index in [0.717, 1.165) is 12.8 Å². The summed E-state index contributed by atoms with van der Waals surface area (Å²) in [6.45, 7) is 2.55. The molecule has 7 nitrogen and oxygen atoms in total. The molecule has 0 radical (unpaired) electrons. The molecular weight excluding hydrogens is 340 g/mol. The van der Waals surface area contributed by atoms with Gasteiger partial charge in [-0.2, -0.15) is 4.98 Å². The first-order chi connectivity index (χ1) is 12.0. The van der Waals surface area contributed by atoms with Crippen molar-refractivity contribution in [1.82, 2.24) is 14.5 Å². The summed E-state index contributed by atoms with van der Waals surface area (Å²) in [7, 11) is -3.78. The van der Waals surface area contributed by atoms with Gasteiger partial charge in [-0.1, -0.05) is 31.5 Å². The Bertz CT molecular complexity index is 1050. The molecule has 3 rings (SSSR count). The van der Waals surface area contributed by atoms with Crippen LogP contribution in [0, 0.1) is 0 Å². The summed E-state index contributed by atoms with van der Waals surface area (Å²) in [6, 6.07) is 11.1. The monoisotopic (exact) mass is 358 g/mol. The van der Waals surface area contributed by atoms with E-state index in [1.807, 2.05) is 6.92 Å². The summed E-state index contributed by atoms with van der Waals surface area (Å²) in [6.07, 6.45) is 3.27. The van der Waals surface area contributed by atoms with Gasteiger partial charge in [-0.25, -0.2) is 18.1 Å². The van der Waals surface area contributed by atoms with Crippen LogP contribution in [0.2, 0.25) is 0 Å². The van der Waals surface area contributed by atoms with Gasteiger partial charge in [0.2, 0.25) is 5.95 Å². The lowest BCUT2D eigenvalue weighted by molar-refractivity contribution is 0.600. The van der Waals surface area contributed by atoms with Gasteiger partial charge in [-0.05, 0) is 24.6 Å². The summed E-state index contributed by atoms with van der Waals surface area (Å²) in [4.78, 5) is 20.6. The van der Waals surface area contributed by atoms with Crippen LogP contribution in [0.15, 0.2) is 58.4 Å². The summed E-state index contributed by atoms with van der Waals surface area (Å²) >= 11 is 0. The van der Waals surface area contributed by atoms with Crippen molar-refractivity contribution in [1.29, 1.82) is 0 Å². The van der Waals surface area contributed by atoms with Gasteiger partial charge in [0.15, 0.2) is 0 Å². The molecule has 0 aliphatic carbocycles. The number of rotatable bonds is 6. The van der Waals surface area contributed by atoms with Gasteiger partial charge in [-0.15, -0.1) is 0 Å². The highest BCUT2D eigenvalue weighted by Crippen LogP contribution is 2.15. The quantitative estimate of drug-likeness (QED) is 0.730. The first-order valence-corrected chi connectivity index (χ1v) is 9.44. The van der Waals surface area contributed by atoms with Gasteiger partial charge in [0, 0.05) is 24.2 Å². The maximum Gasteiger partial charge on any atom is 0.264 e. The highest BCUT2D eigenvalue weighted by Gasteiger charge is 2.16. The molecule has 8 heteroatoms. The number of fused-ring (bicyclic) bond motifs is 1. The second-order valence-electron chi connectivity index (χ2n) is 5.57. The molecule has 2 aromatic heterocycles. The fraction of sp³-hybridized carbons (Fsp3) is 0.235. The minimum absolute atomic E-state index is 0.0628. The number of hydrogen-bond donors (Lipinski definition) is 1. The van der Waals surface area contributed by atoms with Crippen molar-refractivity contribution < 1.29 is 8.42 Å². The van der Waals surface area contributed by atoms with Crippen molar-refractivity contribution in [2.45, 2.75) is 31.2 Å². The Morgan fingerprint density at radius 3 is 2.60 bits per heavy atom. The van der Waals surface area contributed by atoms with Crippen LogP contribution in [0.4, 0.5) is 5.95 Å². The number of nitrogens with one attached hydrogen (secondary N) is 1. The van der Waals surface area contributed by atoms with Gasteiger partial charge in [0.25, 0.3) is 15.6 Å². The highest BCUT2D eigenvalue weighted by atomic mass is 32.2. The number of sulfonamides is 1. The average Bonchev–Trinajstić information content (AvgIpc) is 2.61. The van der Waals surface area contributed by atoms with Gasteiger partial charge >= 0.3 is 0 Å². The van der Waals surface area contributed by atoms with E-state index in [9.17, 15) is 13.2 Å². The fourth-order valence-electron chi connectivity index (χ4n) is 2.43. The Kier molecular flexibility index (Phi) is 4.80. The summed E-state index contributed by atoms with van der Waals surface area (Å²) in [5, 5.41) is 0.679. The van der Waals surface area contributed by atoms with Crippen molar-refractivity contribution in [2.24, 2.45) is 0 Å². The molecule has 0 saturated heterocycles. The third kappa shape index (κ3) is 3.69. The number of aryl methyl sites for hydroxylation is 1. The zero-order valence-corrected chi connectivity index (χ0v) is 14.5. The number of anilines is 1. The Balaban J connectivity index is 2.02. The van der Waals surface area contributed by atoms with Crippen molar-refractivity contribution in [3.63, 3.8) is 0 Å². The molecule has 0 aliphatic rings. The average molecular weight is 358 g/mol. The third-order valence-electron chi connectivity index (χ3n) is 3.74. The molecule has 1 N–H and O–H groups in total. The standard InChI is InChI=1S/C17H18N4O3S/c1-2-3-11-21-15(22)10-9-13-12-18-17(19-16(13)21)20-25(23,24)14-7-5-4-6-8-14/h4-10,12H,2-3,11H2,1H3,(H,18,19,20). The van der Waals surface area contributed by atoms with Crippen molar-refractivity contribution >= 4 is 27.0 Å². The Labute approximate surface area is 145 Å².